The number of rotatable bonds is 3. The van der Waals surface area contributed by atoms with Crippen LogP contribution in [0.4, 0.5) is 0 Å². The first kappa shape index (κ1) is 15.8. The highest BCUT2D eigenvalue weighted by atomic mass is 32.1. The first-order chi connectivity index (χ1) is 11.7. The van der Waals surface area contributed by atoms with Gasteiger partial charge in [0.25, 0.3) is 5.91 Å². The Hall–Kier alpha value is -1.69. The lowest BCUT2D eigenvalue weighted by molar-refractivity contribution is -0.134. The lowest BCUT2D eigenvalue weighted by Crippen LogP contribution is -2.38. The van der Waals surface area contributed by atoms with E-state index in [1.165, 1.54) is 23.3 Å². The molecule has 0 saturated carbocycles. The number of amides is 1. The summed E-state index contributed by atoms with van der Waals surface area (Å²) in [4.78, 5) is 25.4. The summed E-state index contributed by atoms with van der Waals surface area (Å²) >= 11 is 1.75. The van der Waals surface area contributed by atoms with Crippen LogP contribution in [0.25, 0.3) is 10.2 Å². The molecule has 2 aliphatic rings. The summed E-state index contributed by atoms with van der Waals surface area (Å²) in [5, 5.41) is 1.04. The maximum absolute atomic E-state index is 12.3. The van der Waals surface area contributed by atoms with Gasteiger partial charge >= 0.3 is 0 Å². The highest BCUT2D eigenvalue weighted by Crippen LogP contribution is 2.40. The van der Waals surface area contributed by atoms with Gasteiger partial charge in [0, 0.05) is 18.0 Å². The molecule has 0 bridgehead atoms. The molecule has 1 fully saturated rings. The number of ether oxygens (including phenoxy) is 1. The molecule has 24 heavy (non-hydrogen) atoms. The Labute approximate surface area is 146 Å². The van der Waals surface area contributed by atoms with E-state index < -0.39 is 0 Å². The molecule has 1 atom stereocenters. The van der Waals surface area contributed by atoms with Crippen LogP contribution in [0, 0.1) is 5.92 Å². The number of carbonyl (C=O) groups is 1. The predicted molar refractivity (Wildman–Crippen MR) is 94.5 cm³/mol. The fraction of sp³-hybridized carbons (Fsp3) is 0.611. The van der Waals surface area contributed by atoms with Crippen molar-refractivity contribution >= 4 is 27.5 Å². The largest absolute Gasteiger partial charge is 0.467 e. The molecule has 2 aromatic rings. The maximum Gasteiger partial charge on any atom is 0.260 e. The molecular formula is C18H23N3O2S. The van der Waals surface area contributed by atoms with Crippen molar-refractivity contribution in [3.63, 3.8) is 0 Å². The summed E-state index contributed by atoms with van der Waals surface area (Å²) in [6.07, 6.45) is 8.33. The second-order valence-electron chi connectivity index (χ2n) is 6.94. The number of nitrogens with zero attached hydrogens (tertiary/aromatic N) is 3. The van der Waals surface area contributed by atoms with Crippen molar-refractivity contribution < 1.29 is 9.53 Å². The standard InChI is InChI=1S/C18H23N3O2S/c1-12-5-6-13-14(9-12)24-18-16(13)17(19-11-20-18)23-10-15(22)21-7-3-2-4-8-21/h11-12H,2-10H2,1H3/t12-/m1/s1. The van der Waals surface area contributed by atoms with Crippen LogP contribution < -0.4 is 4.74 Å². The van der Waals surface area contributed by atoms with E-state index in [2.05, 4.69) is 16.9 Å². The normalized spacial score (nSPS) is 20.9. The number of thiophene rings is 1. The van der Waals surface area contributed by atoms with E-state index in [4.69, 9.17) is 4.74 Å². The summed E-state index contributed by atoms with van der Waals surface area (Å²) < 4.78 is 5.85. The first-order valence-corrected chi connectivity index (χ1v) is 9.70. The van der Waals surface area contributed by atoms with Gasteiger partial charge in [-0.15, -0.1) is 11.3 Å². The first-order valence-electron chi connectivity index (χ1n) is 8.88. The van der Waals surface area contributed by atoms with Crippen LogP contribution in [0.3, 0.4) is 0 Å². The van der Waals surface area contributed by atoms with Crippen molar-refractivity contribution in [2.24, 2.45) is 5.92 Å². The third-order valence-electron chi connectivity index (χ3n) is 5.10. The van der Waals surface area contributed by atoms with E-state index in [0.29, 0.717) is 5.88 Å². The lowest BCUT2D eigenvalue weighted by Gasteiger charge is -2.26. The Balaban J connectivity index is 1.55. The van der Waals surface area contributed by atoms with Crippen molar-refractivity contribution in [1.29, 1.82) is 0 Å². The van der Waals surface area contributed by atoms with Crippen molar-refractivity contribution in [2.45, 2.75) is 45.4 Å². The Bertz CT molecular complexity index is 752. The third kappa shape index (κ3) is 2.99. The number of hydrogen-bond acceptors (Lipinski definition) is 5. The average Bonchev–Trinajstić information content (AvgIpc) is 2.98. The highest BCUT2D eigenvalue weighted by molar-refractivity contribution is 7.18. The number of aryl methyl sites for hydroxylation is 1. The van der Waals surface area contributed by atoms with E-state index in [1.54, 1.807) is 17.7 Å². The summed E-state index contributed by atoms with van der Waals surface area (Å²) in [7, 11) is 0. The van der Waals surface area contributed by atoms with Crippen LogP contribution in [0.5, 0.6) is 5.88 Å². The van der Waals surface area contributed by atoms with Gasteiger partial charge in [0.2, 0.25) is 5.88 Å². The average molecular weight is 345 g/mol. The fourth-order valence-electron chi connectivity index (χ4n) is 3.72. The maximum atomic E-state index is 12.3. The Morgan fingerprint density at radius 1 is 1.33 bits per heavy atom. The molecule has 0 unspecified atom stereocenters. The third-order valence-corrected chi connectivity index (χ3v) is 6.26. The molecule has 4 rings (SSSR count). The molecule has 0 N–H and O–H groups in total. The molecule has 1 aliphatic heterocycles. The molecule has 3 heterocycles. The molecule has 1 amide bonds. The van der Waals surface area contributed by atoms with E-state index in [0.717, 1.165) is 54.9 Å². The minimum Gasteiger partial charge on any atom is -0.467 e. The van der Waals surface area contributed by atoms with Crippen LogP contribution in [-0.2, 0) is 17.6 Å². The summed E-state index contributed by atoms with van der Waals surface area (Å²) in [5.74, 6) is 1.38. The zero-order valence-corrected chi connectivity index (χ0v) is 14.9. The van der Waals surface area contributed by atoms with Gasteiger partial charge in [0.05, 0.1) is 5.39 Å². The number of fused-ring (bicyclic) bond motifs is 3. The molecule has 2 aromatic heterocycles. The number of piperidine rings is 1. The van der Waals surface area contributed by atoms with E-state index in [9.17, 15) is 4.79 Å². The molecule has 1 aliphatic carbocycles. The van der Waals surface area contributed by atoms with Gasteiger partial charge < -0.3 is 9.64 Å². The fourth-order valence-corrected chi connectivity index (χ4v) is 5.06. The van der Waals surface area contributed by atoms with Gasteiger partial charge in [-0.2, -0.15) is 0 Å². The number of aromatic nitrogens is 2. The van der Waals surface area contributed by atoms with E-state index in [1.807, 2.05) is 4.90 Å². The van der Waals surface area contributed by atoms with Crippen LogP contribution >= 0.6 is 11.3 Å². The van der Waals surface area contributed by atoms with E-state index in [-0.39, 0.29) is 12.5 Å². The van der Waals surface area contributed by atoms with Crippen molar-refractivity contribution in [2.75, 3.05) is 19.7 Å². The Morgan fingerprint density at radius 2 is 2.17 bits per heavy atom. The van der Waals surface area contributed by atoms with Crippen molar-refractivity contribution in [1.82, 2.24) is 14.9 Å². The van der Waals surface area contributed by atoms with Gasteiger partial charge in [0.15, 0.2) is 6.61 Å². The van der Waals surface area contributed by atoms with Gasteiger partial charge in [0.1, 0.15) is 11.2 Å². The second-order valence-corrected chi connectivity index (χ2v) is 8.02. The molecule has 5 nitrogen and oxygen atoms in total. The minimum atomic E-state index is 0.0687. The second kappa shape index (κ2) is 6.67. The quantitative estimate of drug-likeness (QED) is 0.857. The zero-order valence-electron chi connectivity index (χ0n) is 14.1. The topological polar surface area (TPSA) is 55.3 Å². The Kier molecular flexibility index (Phi) is 4.39. The molecular weight excluding hydrogens is 322 g/mol. The predicted octanol–water partition coefficient (Wildman–Crippen LogP) is 3.21. The smallest absolute Gasteiger partial charge is 0.260 e. The van der Waals surface area contributed by atoms with E-state index >= 15 is 0 Å². The summed E-state index contributed by atoms with van der Waals surface area (Å²) in [5.41, 5.74) is 1.34. The monoisotopic (exact) mass is 345 g/mol. The van der Waals surface area contributed by atoms with Crippen LogP contribution in [0.2, 0.25) is 0 Å². The number of hydrogen-bond donors (Lipinski definition) is 0. The summed E-state index contributed by atoms with van der Waals surface area (Å²) in [6.45, 7) is 4.08. The van der Waals surface area contributed by atoms with Crippen LogP contribution in [0.15, 0.2) is 6.33 Å². The number of carbonyl (C=O) groups excluding carboxylic acids is 1. The lowest BCUT2D eigenvalue weighted by atomic mass is 9.89. The van der Waals surface area contributed by atoms with Crippen molar-refractivity contribution in [3.05, 3.63) is 16.8 Å². The van der Waals surface area contributed by atoms with Gasteiger partial charge in [-0.05, 0) is 50.0 Å². The van der Waals surface area contributed by atoms with Gasteiger partial charge in [-0.25, -0.2) is 9.97 Å². The molecule has 128 valence electrons. The zero-order chi connectivity index (χ0) is 16.5. The van der Waals surface area contributed by atoms with Crippen LogP contribution in [-0.4, -0.2) is 40.5 Å². The molecule has 1 saturated heterocycles. The van der Waals surface area contributed by atoms with Gasteiger partial charge in [-0.1, -0.05) is 6.92 Å². The van der Waals surface area contributed by atoms with Crippen molar-refractivity contribution in [3.8, 4) is 5.88 Å². The minimum absolute atomic E-state index is 0.0687. The van der Waals surface area contributed by atoms with Gasteiger partial charge in [-0.3, -0.25) is 4.79 Å². The number of likely N-dealkylation sites (tertiary alicyclic amines) is 1. The molecule has 0 spiro atoms. The van der Waals surface area contributed by atoms with Crippen LogP contribution in [0.1, 0.15) is 43.0 Å². The molecule has 0 aromatic carbocycles. The molecule has 6 heteroatoms. The highest BCUT2D eigenvalue weighted by Gasteiger charge is 2.24. The summed E-state index contributed by atoms with van der Waals surface area (Å²) in [6, 6.07) is 0. The molecule has 0 radical (unpaired) electrons. The SMILES string of the molecule is C[C@@H]1CCc2c(sc3ncnc(OCC(=O)N4CCCCC4)c23)C1. The Morgan fingerprint density at radius 3 is 3.00 bits per heavy atom.